The van der Waals surface area contributed by atoms with E-state index in [0.717, 1.165) is 19.4 Å². The van der Waals surface area contributed by atoms with Gasteiger partial charge in [-0.25, -0.2) is 0 Å². The summed E-state index contributed by atoms with van der Waals surface area (Å²) >= 11 is 0. The Morgan fingerprint density at radius 3 is 2.21 bits per heavy atom. The van der Waals surface area contributed by atoms with Crippen LogP contribution in [-0.2, 0) is 4.79 Å². The molecule has 1 N–H and O–H groups in total. The van der Waals surface area contributed by atoms with E-state index in [4.69, 9.17) is 0 Å². The van der Waals surface area contributed by atoms with Crippen molar-refractivity contribution in [3.63, 3.8) is 0 Å². The first-order chi connectivity index (χ1) is 8.58. The van der Waals surface area contributed by atoms with E-state index in [1.807, 2.05) is 0 Å². The molecule has 0 aliphatic heterocycles. The van der Waals surface area contributed by atoms with E-state index in [1.165, 1.54) is 19.3 Å². The molecule has 0 radical (unpaired) electrons. The van der Waals surface area contributed by atoms with Crippen LogP contribution in [0.1, 0.15) is 73.6 Å². The van der Waals surface area contributed by atoms with E-state index >= 15 is 0 Å². The number of hydrogen-bond donors (Lipinski definition) is 1. The van der Waals surface area contributed by atoms with Gasteiger partial charge in [-0.15, -0.1) is 0 Å². The molecular formula is C17H33NO. The Kier molecular flexibility index (Phi) is 5.46. The monoisotopic (exact) mass is 267 g/mol. The fraction of sp³-hybridized carbons (Fsp3) is 0.941. The van der Waals surface area contributed by atoms with E-state index < -0.39 is 0 Å². The third-order valence-corrected chi connectivity index (χ3v) is 4.04. The molecule has 1 fully saturated rings. The highest BCUT2D eigenvalue weighted by atomic mass is 16.1. The normalized spacial score (nSPS) is 24.5. The quantitative estimate of drug-likeness (QED) is 0.804. The molecule has 1 amide bonds. The predicted molar refractivity (Wildman–Crippen MR) is 82.0 cm³/mol. The first-order valence-corrected chi connectivity index (χ1v) is 7.86. The maximum absolute atomic E-state index is 12.3. The zero-order valence-electron chi connectivity index (χ0n) is 13.8. The summed E-state index contributed by atoms with van der Waals surface area (Å²) in [6, 6.07) is 0. The second kappa shape index (κ2) is 6.28. The Balaban J connectivity index is 2.42. The van der Waals surface area contributed by atoms with Gasteiger partial charge >= 0.3 is 0 Å². The van der Waals surface area contributed by atoms with Crippen molar-refractivity contribution in [3.8, 4) is 0 Å². The maximum atomic E-state index is 12.3. The Hall–Kier alpha value is -0.530. The van der Waals surface area contributed by atoms with Gasteiger partial charge in [0.1, 0.15) is 0 Å². The minimum atomic E-state index is 0.263. The molecule has 2 nitrogen and oxygen atoms in total. The summed E-state index contributed by atoms with van der Waals surface area (Å²) in [5, 5.41) is 3.16. The molecule has 112 valence electrons. The Bertz CT molecular complexity index is 295. The van der Waals surface area contributed by atoms with Gasteiger partial charge in [-0.2, -0.15) is 0 Å². The lowest BCUT2D eigenvalue weighted by molar-refractivity contribution is -0.126. The lowest BCUT2D eigenvalue weighted by Gasteiger charge is -2.27. The highest BCUT2D eigenvalue weighted by Crippen LogP contribution is 2.39. The summed E-state index contributed by atoms with van der Waals surface area (Å²) in [6.07, 6.45) is 5.76. The molecule has 2 heteroatoms. The first kappa shape index (κ1) is 16.5. The van der Waals surface area contributed by atoms with Crippen molar-refractivity contribution in [2.24, 2.45) is 22.7 Å². The molecule has 0 unspecified atom stereocenters. The van der Waals surface area contributed by atoms with Gasteiger partial charge in [-0.1, -0.05) is 48.0 Å². The molecule has 2 atom stereocenters. The second-order valence-electron chi connectivity index (χ2n) is 8.66. The summed E-state index contributed by atoms with van der Waals surface area (Å²) in [5.74, 6) is 1.16. The molecule has 0 aromatic rings. The molecule has 19 heavy (non-hydrogen) atoms. The third kappa shape index (κ3) is 6.44. The van der Waals surface area contributed by atoms with E-state index in [1.54, 1.807) is 0 Å². The minimum absolute atomic E-state index is 0.263. The standard InChI is InChI=1S/C17H33NO/c1-16(2,3)10-11-18-15(19)14-9-7-8-13(14)12-17(4,5)6/h13-14H,7-12H2,1-6H3,(H,18,19)/t13-,14-/m1/s1. The molecule has 0 spiro atoms. The Labute approximate surface area is 119 Å². The number of amides is 1. The number of carbonyl (C=O) groups is 1. The summed E-state index contributed by atoms with van der Waals surface area (Å²) in [7, 11) is 0. The number of carbonyl (C=O) groups excluding carboxylic acids is 1. The molecule has 0 aromatic carbocycles. The summed E-state index contributed by atoms with van der Waals surface area (Å²) in [6.45, 7) is 14.3. The van der Waals surface area contributed by atoms with Gasteiger partial charge in [-0.05, 0) is 42.4 Å². The van der Waals surface area contributed by atoms with E-state index in [-0.39, 0.29) is 5.92 Å². The summed E-state index contributed by atoms with van der Waals surface area (Å²) in [4.78, 5) is 12.3. The van der Waals surface area contributed by atoms with Crippen LogP contribution in [0.3, 0.4) is 0 Å². The van der Waals surface area contributed by atoms with Crippen LogP contribution in [-0.4, -0.2) is 12.5 Å². The van der Waals surface area contributed by atoms with Gasteiger partial charge in [0, 0.05) is 12.5 Å². The van der Waals surface area contributed by atoms with Gasteiger partial charge in [0.2, 0.25) is 5.91 Å². The predicted octanol–water partition coefficient (Wildman–Crippen LogP) is 4.39. The highest BCUT2D eigenvalue weighted by Gasteiger charge is 2.35. The van der Waals surface area contributed by atoms with Crippen molar-refractivity contribution < 1.29 is 4.79 Å². The van der Waals surface area contributed by atoms with Crippen molar-refractivity contribution in [1.82, 2.24) is 5.32 Å². The highest BCUT2D eigenvalue weighted by molar-refractivity contribution is 5.79. The van der Waals surface area contributed by atoms with Crippen molar-refractivity contribution in [3.05, 3.63) is 0 Å². The molecule has 1 aliphatic rings. The molecule has 0 aromatic heterocycles. The van der Waals surface area contributed by atoms with Crippen LogP contribution < -0.4 is 5.32 Å². The van der Waals surface area contributed by atoms with E-state index in [2.05, 4.69) is 46.9 Å². The SMILES string of the molecule is CC(C)(C)CCNC(=O)[C@@H]1CCC[C@@H]1CC(C)(C)C. The van der Waals surface area contributed by atoms with Crippen LogP contribution in [0.4, 0.5) is 0 Å². The zero-order chi connectivity index (χ0) is 14.7. The van der Waals surface area contributed by atoms with Crippen LogP contribution in [0.25, 0.3) is 0 Å². The molecule has 1 aliphatic carbocycles. The smallest absolute Gasteiger partial charge is 0.223 e. The lowest BCUT2D eigenvalue weighted by Crippen LogP contribution is -2.35. The average Bonchev–Trinajstić information content (AvgIpc) is 2.60. The molecule has 0 heterocycles. The van der Waals surface area contributed by atoms with Gasteiger partial charge in [0.15, 0.2) is 0 Å². The number of rotatable bonds is 4. The van der Waals surface area contributed by atoms with Gasteiger partial charge in [0.25, 0.3) is 0 Å². The third-order valence-electron chi connectivity index (χ3n) is 4.04. The minimum Gasteiger partial charge on any atom is -0.356 e. The van der Waals surface area contributed by atoms with Crippen molar-refractivity contribution in [1.29, 1.82) is 0 Å². The van der Waals surface area contributed by atoms with E-state index in [0.29, 0.717) is 22.7 Å². The van der Waals surface area contributed by atoms with Crippen LogP contribution >= 0.6 is 0 Å². The van der Waals surface area contributed by atoms with Gasteiger partial charge in [-0.3, -0.25) is 4.79 Å². The Morgan fingerprint density at radius 2 is 1.68 bits per heavy atom. The molecule has 1 rings (SSSR count). The molecular weight excluding hydrogens is 234 g/mol. The van der Waals surface area contributed by atoms with Crippen LogP contribution in [0.15, 0.2) is 0 Å². The molecule has 0 saturated heterocycles. The topological polar surface area (TPSA) is 29.1 Å². The summed E-state index contributed by atoms with van der Waals surface area (Å²) < 4.78 is 0. The van der Waals surface area contributed by atoms with Crippen LogP contribution in [0.2, 0.25) is 0 Å². The number of hydrogen-bond acceptors (Lipinski definition) is 1. The zero-order valence-corrected chi connectivity index (χ0v) is 13.8. The second-order valence-corrected chi connectivity index (χ2v) is 8.66. The first-order valence-electron chi connectivity index (χ1n) is 7.86. The van der Waals surface area contributed by atoms with Crippen LogP contribution in [0.5, 0.6) is 0 Å². The van der Waals surface area contributed by atoms with Crippen molar-refractivity contribution >= 4 is 5.91 Å². The van der Waals surface area contributed by atoms with Crippen LogP contribution in [0, 0.1) is 22.7 Å². The lowest BCUT2D eigenvalue weighted by atomic mass is 9.80. The molecule has 1 saturated carbocycles. The van der Waals surface area contributed by atoms with Crippen molar-refractivity contribution in [2.75, 3.05) is 6.54 Å². The van der Waals surface area contributed by atoms with Gasteiger partial charge < -0.3 is 5.32 Å². The van der Waals surface area contributed by atoms with Gasteiger partial charge in [0.05, 0.1) is 0 Å². The average molecular weight is 267 g/mol. The number of nitrogens with one attached hydrogen (secondary N) is 1. The fourth-order valence-electron chi connectivity index (χ4n) is 3.10. The van der Waals surface area contributed by atoms with Crippen molar-refractivity contribution in [2.45, 2.75) is 73.6 Å². The Morgan fingerprint density at radius 1 is 1.05 bits per heavy atom. The fourth-order valence-corrected chi connectivity index (χ4v) is 3.10. The molecule has 0 bridgehead atoms. The summed E-state index contributed by atoms with van der Waals surface area (Å²) in [5.41, 5.74) is 0.632. The van der Waals surface area contributed by atoms with E-state index in [9.17, 15) is 4.79 Å². The largest absolute Gasteiger partial charge is 0.356 e. The maximum Gasteiger partial charge on any atom is 0.223 e.